The summed E-state index contributed by atoms with van der Waals surface area (Å²) in [6.45, 7) is 2.37. The zero-order chi connectivity index (χ0) is 21.8. The molecule has 0 aliphatic carbocycles. The van der Waals surface area contributed by atoms with Gasteiger partial charge in [-0.05, 0) is 30.5 Å². The Balaban J connectivity index is 1.43. The minimum atomic E-state index is -4.71. The number of amides is 1. The number of aromatic nitrogens is 2. The molecule has 4 rings (SSSR count). The molecule has 1 aliphatic rings. The van der Waals surface area contributed by atoms with Crippen molar-refractivity contribution in [3.8, 4) is 5.69 Å². The first-order valence-electron chi connectivity index (χ1n) is 10.2. The highest BCUT2D eigenvalue weighted by atomic mass is 19.4. The van der Waals surface area contributed by atoms with Gasteiger partial charge < -0.3 is 5.32 Å². The lowest BCUT2D eigenvalue weighted by atomic mass is 10.0. The number of nitrogens with zero attached hydrogens (tertiary/aromatic N) is 3. The first kappa shape index (κ1) is 21.1. The van der Waals surface area contributed by atoms with E-state index in [1.807, 2.05) is 18.2 Å². The predicted molar refractivity (Wildman–Crippen MR) is 111 cm³/mol. The van der Waals surface area contributed by atoms with Gasteiger partial charge in [0.2, 0.25) is 0 Å². The molecule has 1 aromatic heterocycles. The fraction of sp³-hybridized carbons (Fsp3) is 0.304. The van der Waals surface area contributed by atoms with Crippen LogP contribution < -0.4 is 5.32 Å². The molecule has 3 aromatic rings. The summed E-state index contributed by atoms with van der Waals surface area (Å²) in [4.78, 5) is 15.0. The Labute approximate surface area is 178 Å². The molecule has 1 fully saturated rings. The molecule has 162 valence electrons. The van der Waals surface area contributed by atoms with Gasteiger partial charge in [0.05, 0.1) is 17.4 Å². The molecule has 0 atom stereocenters. The molecule has 1 aliphatic heterocycles. The minimum absolute atomic E-state index is 0.166. The Bertz CT molecular complexity index is 1010. The van der Waals surface area contributed by atoms with Crippen molar-refractivity contribution in [3.63, 3.8) is 0 Å². The SMILES string of the molecule is O=C(NC1CCN(Cc2ccccc2)CC1)c1cnn(-c2ccccc2)c1C(F)(F)F. The molecular formula is C23H23F3N4O. The molecular weight excluding hydrogens is 405 g/mol. The first-order chi connectivity index (χ1) is 14.9. The molecule has 2 heterocycles. The Morgan fingerprint density at radius 1 is 1.00 bits per heavy atom. The van der Waals surface area contributed by atoms with E-state index in [9.17, 15) is 18.0 Å². The quantitative estimate of drug-likeness (QED) is 0.660. The maximum atomic E-state index is 13.8. The second kappa shape index (κ2) is 8.93. The van der Waals surface area contributed by atoms with Crippen molar-refractivity contribution in [1.29, 1.82) is 0 Å². The minimum Gasteiger partial charge on any atom is -0.349 e. The van der Waals surface area contributed by atoms with E-state index in [0.29, 0.717) is 12.8 Å². The average molecular weight is 428 g/mol. The van der Waals surface area contributed by atoms with Crippen molar-refractivity contribution in [2.45, 2.75) is 31.6 Å². The van der Waals surface area contributed by atoms with E-state index in [0.717, 1.165) is 30.5 Å². The Hall–Kier alpha value is -3.13. The lowest BCUT2D eigenvalue weighted by molar-refractivity contribution is -0.143. The van der Waals surface area contributed by atoms with Crippen molar-refractivity contribution in [3.05, 3.63) is 83.7 Å². The van der Waals surface area contributed by atoms with Gasteiger partial charge in [-0.15, -0.1) is 0 Å². The van der Waals surface area contributed by atoms with Crippen LogP contribution in [0, 0.1) is 0 Å². The summed E-state index contributed by atoms with van der Waals surface area (Å²) in [7, 11) is 0. The first-order valence-corrected chi connectivity index (χ1v) is 10.2. The molecule has 1 amide bonds. The third-order valence-electron chi connectivity index (χ3n) is 5.45. The summed E-state index contributed by atoms with van der Waals surface area (Å²) in [6.07, 6.45) is -2.34. The van der Waals surface area contributed by atoms with E-state index in [4.69, 9.17) is 0 Å². The maximum absolute atomic E-state index is 13.8. The fourth-order valence-corrected chi connectivity index (χ4v) is 3.89. The van der Waals surface area contributed by atoms with Crippen LogP contribution in [0.5, 0.6) is 0 Å². The van der Waals surface area contributed by atoms with Gasteiger partial charge in [0.25, 0.3) is 5.91 Å². The number of alkyl halides is 3. The average Bonchev–Trinajstić information content (AvgIpc) is 3.23. The van der Waals surface area contributed by atoms with Crippen molar-refractivity contribution in [2.75, 3.05) is 13.1 Å². The van der Waals surface area contributed by atoms with Crippen LogP contribution in [0.1, 0.15) is 34.5 Å². The molecule has 1 saturated heterocycles. The van der Waals surface area contributed by atoms with Crippen LogP contribution >= 0.6 is 0 Å². The predicted octanol–water partition coefficient (Wildman–Crippen LogP) is 4.29. The van der Waals surface area contributed by atoms with Crippen LogP contribution in [0.3, 0.4) is 0 Å². The van der Waals surface area contributed by atoms with Gasteiger partial charge in [0, 0.05) is 25.7 Å². The van der Waals surface area contributed by atoms with Gasteiger partial charge in [0.15, 0.2) is 5.69 Å². The van der Waals surface area contributed by atoms with Crippen LogP contribution in [-0.4, -0.2) is 39.7 Å². The van der Waals surface area contributed by atoms with Gasteiger partial charge in [-0.25, -0.2) is 4.68 Å². The summed E-state index contributed by atoms with van der Waals surface area (Å²) in [6, 6.07) is 17.9. The van der Waals surface area contributed by atoms with Crippen LogP contribution in [0.2, 0.25) is 0 Å². The lowest BCUT2D eigenvalue weighted by Gasteiger charge is -2.32. The third-order valence-corrected chi connectivity index (χ3v) is 5.45. The molecule has 0 saturated carbocycles. The number of halogens is 3. The lowest BCUT2D eigenvalue weighted by Crippen LogP contribution is -2.44. The van der Waals surface area contributed by atoms with E-state index < -0.39 is 23.3 Å². The standard InChI is InChI=1S/C23H23F3N4O/c24-23(25,26)21-20(15-27-30(21)19-9-5-2-6-10-19)22(31)28-18-11-13-29(14-12-18)16-17-7-3-1-4-8-17/h1-10,15,18H,11-14,16H2,(H,28,31). The molecule has 0 spiro atoms. The molecule has 2 aromatic carbocycles. The topological polar surface area (TPSA) is 50.2 Å². The largest absolute Gasteiger partial charge is 0.434 e. The zero-order valence-electron chi connectivity index (χ0n) is 16.8. The number of hydrogen-bond donors (Lipinski definition) is 1. The molecule has 0 bridgehead atoms. The number of para-hydroxylation sites is 1. The molecule has 8 heteroatoms. The van der Waals surface area contributed by atoms with E-state index in [1.165, 1.54) is 17.7 Å². The van der Waals surface area contributed by atoms with Gasteiger partial charge >= 0.3 is 6.18 Å². The van der Waals surface area contributed by atoms with Crippen LogP contribution in [0.4, 0.5) is 13.2 Å². The second-order valence-corrected chi connectivity index (χ2v) is 7.66. The maximum Gasteiger partial charge on any atom is 0.434 e. The molecule has 5 nitrogen and oxygen atoms in total. The molecule has 31 heavy (non-hydrogen) atoms. The normalized spacial score (nSPS) is 15.7. The highest BCUT2D eigenvalue weighted by molar-refractivity contribution is 5.95. The summed E-state index contributed by atoms with van der Waals surface area (Å²) < 4.78 is 42.1. The number of carbonyl (C=O) groups excluding carboxylic acids is 1. The number of likely N-dealkylation sites (tertiary alicyclic amines) is 1. The van der Waals surface area contributed by atoms with Crippen molar-refractivity contribution in [2.24, 2.45) is 0 Å². The smallest absolute Gasteiger partial charge is 0.349 e. The zero-order valence-corrected chi connectivity index (χ0v) is 16.8. The monoisotopic (exact) mass is 428 g/mol. The second-order valence-electron chi connectivity index (χ2n) is 7.66. The highest BCUT2D eigenvalue weighted by Crippen LogP contribution is 2.33. The number of benzene rings is 2. The van der Waals surface area contributed by atoms with Gasteiger partial charge in [0.1, 0.15) is 0 Å². The van der Waals surface area contributed by atoms with Crippen LogP contribution in [0.15, 0.2) is 66.9 Å². The summed E-state index contributed by atoms with van der Waals surface area (Å²) in [5.41, 5.74) is -0.0444. The summed E-state index contributed by atoms with van der Waals surface area (Å²) >= 11 is 0. The number of piperidine rings is 1. The molecule has 1 N–H and O–H groups in total. The Morgan fingerprint density at radius 2 is 1.61 bits per heavy atom. The van der Waals surface area contributed by atoms with Crippen LogP contribution in [0.25, 0.3) is 5.69 Å². The van der Waals surface area contributed by atoms with Gasteiger partial charge in [-0.3, -0.25) is 9.69 Å². The van der Waals surface area contributed by atoms with Crippen LogP contribution in [-0.2, 0) is 12.7 Å². The van der Waals surface area contributed by atoms with E-state index >= 15 is 0 Å². The number of carbonyl (C=O) groups is 1. The highest BCUT2D eigenvalue weighted by Gasteiger charge is 2.41. The van der Waals surface area contributed by atoms with Gasteiger partial charge in [-0.1, -0.05) is 48.5 Å². The van der Waals surface area contributed by atoms with E-state index in [2.05, 4.69) is 27.4 Å². The summed E-state index contributed by atoms with van der Waals surface area (Å²) in [5, 5.41) is 6.63. The van der Waals surface area contributed by atoms with E-state index in [1.54, 1.807) is 18.2 Å². The van der Waals surface area contributed by atoms with Crippen molar-refractivity contribution < 1.29 is 18.0 Å². The van der Waals surface area contributed by atoms with Crippen molar-refractivity contribution in [1.82, 2.24) is 20.0 Å². The fourth-order valence-electron chi connectivity index (χ4n) is 3.89. The molecule has 0 unspecified atom stereocenters. The Morgan fingerprint density at radius 3 is 2.23 bits per heavy atom. The molecule has 0 radical (unpaired) electrons. The van der Waals surface area contributed by atoms with Gasteiger partial charge in [-0.2, -0.15) is 18.3 Å². The number of rotatable bonds is 5. The number of nitrogens with one attached hydrogen (secondary N) is 1. The Kier molecular flexibility index (Phi) is 6.08. The third kappa shape index (κ3) is 4.96. The van der Waals surface area contributed by atoms with E-state index in [-0.39, 0.29) is 11.7 Å². The van der Waals surface area contributed by atoms with Crippen molar-refractivity contribution >= 4 is 5.91 Å². The number of hydrogen-bond acceptors (Lipinski definition) is 3. The summed E-state index contributed by atoms with van der Waals surface area (Å²) in [5.74, 6) is -0.740.